The van der Waals surface area contributed by atoms with Crippen LogP contribution in [0.3, 0.4) is 0 Å². The van der Waals surface area contributed by atoms with Gasteiger partial charge in [0.25, 0.3) is 0 Å². The number of imidazole rings is 1. The molecule has 0 spiro atoms. The van der Waals surface area contributed by atoms with Gasteiger partial charge in [-0.25, -0.2) is 9.78 Å². The fourth-order valence-corrected chi connectivity index (χ4v) is 1.60. The summed E-state index contributed by atoms with van der Waals surface area (Å²) in [7, 11) is 0. The molecule has 0 saturated carbocycles. The quantitative estimate of drug-likeness (QED) is 0.798. The third-order valence-corrected chi connectivity index (χ3v) is 2.17. The Hall–Kier alpha value is -1.52. The Kier molecular flexibility index (Phi) is 4.54. The topological polar surface area (TPSA) is 70.1 Å². The Morgan fingerprint density at radius 2 is 2.24 bits per heavy atom. The van der Waals surface area contributed by atoms with Crippen molar-refractivity contribution >= 4 is 6.09 Å². The van der Waals surface area contributed by atoms with E-state index >= 15 is 0 Å². The largest absolute Gasteiger partial charge is 0.450 e. The fraction of sp³-hybridized carbons (Fsp3) is 0.667. The van der Waals surface area contributed by atoms with Gasteiger partial charge in [0.2, 0.25) is 0 Å². The first kappa shape index (κ1) is 13.5. The van der Waals surface area contributed by atoms with E-state index in [9.17, 15) is 4.79 Å². The molecule has 5 heteroatoms. The molecular weight excluding hydrogens is 218 g/mol. The molecule has 96 valence electrons. The average Bonchev–Trinajstić information content (AvgIpc) is 2.57. The number of hydrogen-bond donors (Lipinski definition) is 1. The molecule has 17 heavy (non-hydrogen) atoms. The Morgan fingerprint density at radius 1 is 1.53 bits per heavy atom. The van der Waals surface area contributed by atoms with Gasteiger partial charge in [-0.3, -0.25) is 0 Å². The molecule has 1 amide bonds. The van der Waals surface area contributed by atoms with Gasteiger partial charge in [0.1, 0.15) is 0 Å². The molecule has 1 rings (SSSR count). The summed E-state index contributed by atoms with van der Waals surface area (Å²) in [5.41, 5.74) is 6.12. The SMILES string of the molecule is CC(C)(C)Cn1cnc(CCCOC(N)=O)c1. The van der Waals surface area contributed by atoms with E-state index in [1.54, 1.807) is 0 Å². The highest BCUT2D eigenvalue weighted by Crippen LogP contribution is 2.16. The first-order chi connectivity index (χ1) is 7.87. The second-order valence-corrected chi connectivity index (χ2v) is 5.37. The minimum Gasteiger partial charge on any atom is -0.450 e. The van der Waals surface area contributed by atoms with Gasteiger partial charge in [-0.15, -0.1) is 0 Å². The van der Waals surface area contributed by atoms with Crippen molar-refractivity contribution in [2.75, 3.05) is 6.61 Å². The van der Waals surface area contributed by atoms with E-state index < -0.39 is 6.09 Å². The number of nitrogens with two attached hydrogens (primary N) is 1. The summed E-state index contributed by atoms with van der Waals surface area (Å²) < 4.78 is 6.74. The molecule has 0 saturated heterocycles. The van der Waals surface area contributed by atoms with Crippen LogP contribution >= 0.6 is 0 Å². The van der Waals surface area contributed by atoms with Crippen LogP contribution in [0, 0.1) is 5.41 Å². The molecule has 0 fully saturated rings. The predicted molar refractivity (Wildman–Crippen MR) is 65.5 cm³/mol. The smallest absolute Gasteiger partial charge is 0.404 e. The second kappa shape index (κ2) is 5.70. The Bertz CT molecular complexity index is 366. The molecule has 1 aromatic heterocycles. The number of primary amides is 1. The highest BCUT2D eigenvalue weighted by Gasteiger charge is 2.11. The number of carbonyl (C=O) groups excluding carboxylic acids is 1. The zero-order valence-electron chi connectivity index (χ0n) is 10.8. The van der Waals surface area contributed by atoms with E-state index in [1.165, 1.54) is 0 Å². The van der Waals surface area contributed by atoms with E-state index in [1.807, 2.05) is 12.5 Å². The minimum atomic E-state index is -0.719. The van der Waals surface area contributed by atoms with Crippen molar-refractivity contribution in [3.05, 3.63) is 18.2 Å². The molecule has 1 heterocycles. The van der Waals surface area contributed by atoms with E-state index in [0.717, 1.165) is 25.1 Å². The summed E-state index contributed by atoms with van der Waals surface area (Å²) in [5.74, 6) is 0. The summed E-state index contributed by atoms with van der Waals surface area (Å²) in [5, 5.41) is 0. The van der Waals surface area contributed by atoms with Crippen molar-refractivity contribution in [3.63, 3.8) is 0 Å². The molecule has 0 aliphatic rings. The van der Waals surface area contributed by atoms with Crippen molar-refractivity contribution in [3.8, 4) is 0 Å². The van der Waals surface area contributed by atoms with Gasteiger partial charge < -0.3 is 15.0 Å². The average molecular weight is 239 g/mol. The van der Waals surface area contributed by atoms with E-state index in [4.69, 9.17) is 5.73 Å². The second-order valence-electron chi connectivity index (χ2n) is 5.37. The lowest BCUT2D eigenvalue weighted by Crippen LogP contribution is -2.14. The minimum absolute atomic E-state index is 0.243. The Balaban J connectivity index is 2.33. The molecule has 1 aromatic rings. The number of carbonyl (C=O) groups is 1. The van der Waals surface area contributed by atoms with Crippen LogP contribution < -0.4 is 5.73 Å². The van der Waals surface area contributed by atoms with Crippen molar-refractivity contribution < 1.29 is 9.53 Å². The van der Waals surface area contributed by atoms with Crippen LogP contribution in [0.15, 0.2) is 12.5 Å². The molecular formula is C12H21N3O2. The predicted octanol–water partition coefficient (Wildman–Crippen LogP) is 1.96. The van der Waals surface area contributed by atoms with Gasteiger partial charge in [-0.05, 0) is 18.3 Å². The van der Waals surface area contributed by atoms with Crippen molar-refractivity contribution in [1.29, 1.82) is 0 Å². The van der Waals surface area contributed by atoms with Gasteiger partial charge in [0, 0.05) is 12.7 Å². The molecule has 0 aromatic carbocycles. The van der Waals surface area contributed by atoms with Crippen molar-refractivity contribution in [2.24, 2.45) is 11.1 Å². The van der Waals surface area contributed by atoms with Crippen LogP contribution in [0.5, 0.6) is 0 Å². The van der Waals surface area contributed by atoms with Crippen LogP contribution in [0.2, 0.25) is 0 Å². The lowest BCUT2D eigenvalue weighted by molar-refractivity contribution is 0.155. The summed E-state index contributed by atoms with van der Waals surface area (Å²) in [6, 6.07) is 0. The van der Waals surface area contributed by atoms with Gasteiger partial charge in [0.05, 0.1) is 18.6 Å². The van der Waals surface area contributed by atoms with Gasteiger partial charge in [0.15, 0.2) is 0 Å². The first-order valence-corrected chi connectivity index (χ1v) is 5.80. The molecule has 0 atom stereocenters. The van der Waals surface area contributed by atoms with Crippen molar-refractivity contribution in [1.82, 2.24) is 9.55 Å². The molecule has 0 aliphatic heterocycles. The maximum Gasteiger partial charge on any atom is 0.404 e. The normalized spacial score (nSPS) is 11.5. The molecule has 0 radical (unpaired) electrons. The summed E-state index contributed by atoms with van der Waals surface area (Å²) in [4.78, 5) is 14.7. The van der Waals surface area contributed by atoms with E-state index in [-0.39, 0.29) is 5.41 Å². The third-order valence-electron chi connectivity index (χ3n) is 2.17. The van der Waals surface area contributed by atoms with Crippen LogP contribution in [0.4, 0.5) is 4.79 Å². The number of amides is 1. The lowest BCUT2D eigenvalue weighted by Gasteiger charge is -2.18. The fourth-order valence-electron chi connectivity index (χ4n) is 1.60. The third kappa shape index (κ3) is 5.94. The summed E-state index contributed by atoms with van der Waals surface area (Å²) >= 11 is 0. The summed E-state index contributed by atoms with van der Waals surface area (Å²) in [6.45, 7) is 7.85. The number of rotatable bonds is 5. The molecule has 0 aliphatic carbocycles. The summed E-state index contributed by atoms with van der Waals surface area (Å²) in [6.07, 6.45) is 4.70. The zero-order valence-corrected chi connectivity index (χ0v) is 10.8. The number of nitrogens with zero attached hydrogens (tertiary/aromatic N) is 2. The van der Waals surface area contributed by atoms with Gasteiger partial charge in [-0.2, -0.15) is 0 Å². The highest BCUT2D eigenvalue weighted by atomic mass is 16.5. The zero-order chi connectivity index (χ0) is 12.9. The standard InChI is InChI=1S/C12H21N3O2/c1-12(2,3)8-15-7-10(14-9-15)5-4-6-17-11(13)16/h7,9H,4-6,8H2,1-3H3,(H2,13,16). The van der Waals surface area contributed by atoms with Crippen LogP contribution in [-0.4, -0.2) is 22.3 Å². The maximum atomic E-state index is 10.4. The number of aromatic nitrogens is 2. The maximum absolute atomic E-state index is 10.4. The number of hydrogen-bond acceptors (Lipinski definition) is 3. The Labute approximate surface area is 102 Å². The number of ether oxygens (including phenoxy) is 1. The van der Waals surface area contributed by atoms with Crippen LogP contribution in [-0.2, 0) is 17.7 Å². The van der Waals surface area contributed by atoms with Gasteiger partial charge >= 0.3 is 6.09 Å². The molecule has 0 unspecified atom stereocenters. The van der Waals surface area contributed by atoms with Gasteiger partial charge in [-0.1, -0.05) is 20.8 Å². The lowest BCUT2D eigenvalue weighted by atomic mass is 9.97. The van der Waals surface area contributed by atoms with Crippen molar-refractivity contribution in [2.45, 2.75) is 40.2 Å². The first-order valence-electron chi connectivity index (χ1n) is 5.80. The number of aryl methyl sites for hydroxylation is 1. The molecule has 2 N–H and O–H groups in total. The van der Waals surface area contributed by atoms with Crippen LogP contribution in [0.25, 0.3) is 0 Å². The molecule has 5 nitrogen and oxygen atoms in total. The van der Waals surface area contributed by atoms with E-state index in [2.05, 4.69) is 35.1 Å². The highest BCUT2D eigenvalue weighted by molar-refractivity contribution is 5.64. The molecule has 0 bridgehead atoms. The van der Waals surface area contributed by atoms with E-state index in [0.29, 0.717) is 6.61 Å². The van der Waals surface area contributed by atoms with Crippen LogP contribution in [0.1, 0.15) is 32.9 Å². The Morgan fingerprint density at radius 3 is 2.82 bits per heavy atom. The monoisotopic (exact) mass is 239 g/mol.